The predicted molar refractivity (Wildman–Crippen MR) is 112 cm³/mol. The molecule has 1 amide bonds. The number of aromatic nitrogens is 2. The number of hydrogen-bond acceptors (Lipinski definition) is 5. The van der Waals surface area contributed by atoms with Gasteiger partial charge in [0.2, 0.25) is 0 Å². The summed E-state index contributed by atoms with van der Waals surface area (Å²) in [5.74, 6) is 1.87. The van der Waals surface area contributed by atoms with Gasteiger partial charge < -0.3 is 9.84 Å². The van der Waals surface area contributed by atoms with Gasteiger partial charge in [-0.05, 0) is 44.2 Å². The summed E-state index contributed by atoms with van der Waals surface area (Å²) in [6, 6.07) is 19.2. The molecule has 0 aliphatic heterocycles. The van der Waals surface area contributed by atoms with Gasteiger partial charge in [0, 0.05) is 21.6 Å². The van der Waals surface area contributed by atoms with Crippen LogP contribution in [0.2, 0.25) is 0 Å². The third-order valence-electron chi connectivity index (χ3n) is 4.52. The minimum absolute atomic E-state index is 0.176. The second-order valence-corrected chi connectivity index (χ2v) is 7.45. The Kier molecular flexibility index (Phi) is 5.12. The molecule has 0 atom stereocenters. The summed E-state index contributed by atoms with van der Waals surface area (Å²) in [5, 5.41) is 7.94. The number of fused-ring (bicyclic) bond motifs is 1. The summed E-state index contributed by atoms with van der Waals surface area (Å²) in [5.41, 5.74) is 3.42. The van der Waals surface area contributed by atoms with Crippen LogP contribution in [-0.2, 0) is 5.75 Å². The lowest BCUT2D eigenvalue weighted by molar-refractivity contribution is 0.102. The van der Waals surface area contributed by atoms with Gasteiger partial charge in [-0.1, -0.05) is 35.5 Å². The summed E-state index contributed by atoms with van der Waals surface area (Å²) >= 11 is 1.59. The molecule has 0 saturated carbocycles. The van der Waals surface area contributed by atoms with E-state index in [-0.39, 0.29) is 5.91 Å². The first-order chi connectivity index (χ1) is 13.6. The Morgan fingerprint density at radius 1 is 1.04 bits per heavy atom. The molecule has 140 valence electrons. The maximum absolute atomic E-state index is 12.9. The molecule has 0 aliphatic rings. The highest BCUT2D eigenvalue weighted by Crippen LogP contribution is 2.29. The van der Waals surface area contributed by atoms with Crippen LogP contribution in [0.15, 0.2) is 70.1 Å². The van der Waals surface area contributed by atoms with Crippen LogP contribution in [0.3, 0.4) is 0 Å². The highest BCUT2D eigenvalue weighted by Gasteiger charge is 2.15. The SMILES string of the molecule is Cc1noc(C)c1CSc1ccccc1C(=O)Nc1ccc2ccccc2n1. The van der Waals surface area contributed by atoms with E-state index in [0.717, 1.165) is 32.8 Å². The third kappa shape index (κ3) is 3.77. The van der Waals surface area contributed by atoms with E-state index in [4.69, 9.17) is 4.52 Å². The van der Waals surface area contributed by atoms with Gasteiger partial charge >= 0.3 is 0 Å². The van der Waals surface area contributed by atoms with Crippen LogP contribution < -0.4 is 5.32 Å². The largest absolute Gasteiger partial charge is 0.361 e. The molecule has 2 aromatic heterocycles. The van der Waals surface area contributed by atoms with E-state index in [1.54, 1.807) is 11.8 Å². The fourth-order valence-corrected chi connectivity index (χ4v) is 4.16. The van der Waals surface area contributed by atoms with Gasteiger partial charge in [-0.25, -0.2) is 4.98 Å². The molecule has 5 nitrogen and oxygen atoms in total. The topological polar surface area (TPSA) is 68.0 Å². The van der Waals surface area contributed by atoms with Crippen molar-refractivity contribution in [1.29, 1.82) is 0 Å². The Labute approximate surface area is 167 Å². The minimum atomic E-state index is -0.176. The number of amides is 1. The van der Waals surface area contributed by atoms with E-state index < -0.39 is 0 Å². The predicted octanol–water partition coefficient (Wildman–Crippen LogP) is 5.38. The highest BCUT2D eigenvalue weighted by molar-refractivity contribution is 7.98. The molecule has 1 N–H and O–H groups in total. The number of rotatable bonds is 5. The lowest BCUT2D eigenvalue weighted by atomic mass is 10.2. The zero-order valence-corrected chi connectivity index (χ0v) is 16.4. The molecular formula is C22H19N3O2S. The average molecular weight is 389 g/mol. The Hall–Kier alpha value is -3.12. The quantitative estimate of drug-likeness (QED) is 0.464. The lowest BCUT2D eigenvalue weighted by Gasteiger charge is -2.10. The number of carbonyl (C=O) groups is 1. The van der Waals surface area contributed by atoms with Gasteiger partial charge in [0.05, 0.1) is 16.8 Å². The van der Waals surface area contributed by atoms with Crippen LogP contribution in [0.25, 0.3) is 10.9 Å². The number of benzene rings is 2. The second kappa shape index (κ2) is 7.86. The Bertz CT molecular complexity index is 1130. The van der Waals surface area contributed by atoms with Crippen molar-refractivity contribution < 1.29 is 9.32 Å². The summed E-state index contributed by atoms with van der Waals surface area (Å²) in [6.45, 7) is 3.83. The molecule has 0 aliphatic carbocycles. The molecule has 4 rings (SSSR count). The molecular weight excluding hydrogens is 370 g/mol. The van der Waals surface area contributed by atoms with Gasteiger partial charge in [0.25, 0.3) is 5.91 Å². The molecule has 0 unspecified atom stereocenters. The van der Waals surface area contributed by atoms with Crippen molar-refractivity contribution in [2.24, 2.45) is 0 Å². The normalized spacial score (nSPS) is 10.9. The maximum atomic E-state index is 12.9. The summed E-state index contributed by atoms with van der Waals surface area (Å²) in [4.78, 5) is 18.3. The molecule has 6 heteroatoms. The maximum Gasteiger partial charge on any atom is 0.257 e. The number of thioether (sulfide) groups is 1. The van der Waals surface area contributed by atoms with Crippen molar-refractivity contribution >= 4 is 34.4 Å². The number of pyridine rings is 1. The molecule has 2 aromatic carbocycles. The van der Waals surface area contributed by atoms with E-state index in [1.165, 1.54) is 0 Å². The summed E-state index contributed by atoms with van der Waals surface area (Å²) in [6.07, 6.45) is 0. The summed E-state index contributed by atoms with van der Waals surface area (Å²) < 4.78 is 5.22. The standard InChI is InChI=1S/C22H19N3O2S/c1-14-18(15(2)27-25-14)13-28-20-10-6-4-8-17(20)22(26)24-21-12-11-16-7-3-5-9-19(16)23-21/h3-12H,13H2,1-2H3,(H,23,24,26). The zero-order chi connectivity index (χ0) is 19.5. The Morgan fingerprint density at radius 3 is 2.64 bits per heavy atom. The van der Waals surface area contributed by atoms with Crippen molar-refractivity contribution in [1.82, 2.24) is 10.1 Å². The Morgan fingerprint density at radius 2 is 1.82 bits per heavy atom. The van der Waals surface area contributed by atoms with E-state index in [0.29, 0.717) is 17.1 Å². The molecule has 0 spiro atoms. The molecule has 0 bridgehead atoms. The van der Waals surface area contributed by atoms with Gasteiger partial charge in [-0.15, -0.1) is 11.8 Å². The van der Waals surface area contributed by atoms with Crippen LogP contribution in [0, 0.1) is 13.8 Å². The fourth-order valence-electron chi connectivity index (χ4n) is 2.96. The van der Waals surface area contributed by atoms with Gasteiger partial charge in [0.15, 0.2) is 0 Å². The summed E-state index contributed by atoms with van der Waals surface area (Å²) in [7, 11) is 0. The first-order valence-corrected chi connectivity index (χ1v) is 9.91. The van der Waals surface area contributed by atoms with Gasteiger partial charge in [-0.2, -0.15) is 0 Å². The number of aryl methyl sites for hydroxylation is 2. The number of nitrogens with zero attached hydrogens (tertiary/aromatic N) is 2. The molecule has 0 fully saturated rings. The highest BCUT2D eigenvalue weighted by atomic mass is 32.2. The fraction of sp³-hybridized carbons (Fsp3) is 0.136. The monoisotopic (exact) mass is 389 g/mol. The molecule has 0 saturated heterocycles. The van der Waals surface area contributed by atoms with Crippen molar-refractivity contribution in [3.63, 3.8) is 0 Å². The number of carbonyl (C=O) groups excluding carboxylic acids is 1. The number of para-hydroxylation sites is 1. The van der Waals surface area contributed by atoms with E-state index in [2.05, 4.69) is 15.5 Å². The van der Waals surface area contributed by atoms with Crippen LogP contribution in [0.5, 0.6) is 0 Å². The van der Waals surface area contributed by atoms with Gasteiger partial charge in [0.1, 0.15) is 11.6 Å². The lowest BCUT2D eigenvalue weighted by Crippen LogP contribution is -2.14. The number of anilines is 1. The number of nitrogens with one attached hydrogen (secondary N) is 1. The number of hydrogen-bond donors (Lipinski definition) is 1. The first-order valence-electron chi connectivity index (χ1n) is 8.92. The van der Waals surface area contributed by atoms with Crippen molar-refractivity contribution in [3.8, 4) is 0 Å². The van der Waals surface area contributed by atoms with Crippen molar-refractivity contribution in [2.45, 2.75) is 24.5 Å². The van der Waals surface area contributed by atoms with Crippen LogP contribution in [-0.4, -0.2) is 16.0 Å². The molecule has 28 heavy (non-hydrogen) atoms. The van der Waals surface area contributed by atoms with E-state index in [1.807, 2.05) is 74.5 Å². The minimum Gasteiger partial charge on any atom is -0.361 e. The first kappa shape index (κ1) is 18.3. The van der Waals surface area contributed by atoms with E-state index in [9.17, 15) is 4.79 Å². The molecule has 4 aromatic rings. The second-order valence-electron chi connectivity index (χ2n) is 6.43. The van der Waals surface area contributed by atoms with Crippen molar-refractivity contribution in [3.05, 3.63) is 83.2 Å². The third-order valence-corrected chi connectivity index (χ3v) is 5.62. The molecule has 2 heterocycles. The van der Waals surface area contributed by atoms with E-state index >= 15 is 0 Å². The smallest absolute Gasteiger partial charge is 0.257 e. The van der Waals surface area contributed by atoms with Crippen LogP contribution in [0.1, 0.15) is 27.4 Å². The Balaban J connectivity index is 1.54. The van der Waals surface area contributed by atoms with Gasteiger partial charge in [-0.3, -0.25) is 4.79 Å². The zero-order valence-electron chi connectivity index (χ0n) is 15.6. The average Bonchev–Trinajstić information content (AvgIpc) is 3.04. The molecule has 0 radical (unpaired) electrons. The van der Waals surface area contributed by atoms with Crippen molar-refractivity contribution in [2.75, 3.05) is 5.32 Å². The van der Waals surface area contributed by atoms with Crippen LogP contribution in [0.4, 0.5) is 5.82 Å². The van der Waals surface area contributed by atoms with Crippen LogP contribution >= 0.6 is 11.8 Å².